The maximum absolute atomic E-state index is 12.8. The Kier molecular flexibility index (Phi) is 5.82. The van der Waals surface area contributed by atoms with Gasteiger partial charge in [-0.05, 0) is 55.7 Å². The minimum atomic E-state index is -3.32. The second kappa shape index (κ2) is 7.22. The number of nitrogens with zero attached hydrogens (tertiary/aromatic N) is 1. The quantitative estimate of drug-likeness (QED) is 0.816. The van der Waals surface area contributed by atoms with Gasteiger partial charge in [-0.3, -0.25) is 0 Å². The Hall–Kier alpha value is -0.430. The van der Waals surface area contributed by atoms with E-state index in [1.165, 1.54) is 11.3 Å². The molecule has 0 radical (unpaired) electrons. The van der Waals surface area contributed by atoms with Crippen molar-refractivity contribution < 1.29 is 8.42 Å². The van der Waals surface area contributed by atoms with E-state index < -0.39 is 10.0 Å². The molecule has 2 unspecified atom stereocenters. The van der Waals surface area contributed by atoms with E-state index in [-0.39, 0.29) is 6.04 Å². The van der Waals surface area contributed by atoms with Gasteiger partial charge in [0.1, 0.15) is 4.21 Å². The molecule has 120 valence electrons. The molecule has 1 saturated heterocycles. The molecule has 0 saturated carbocycles. The molecule has 2 atom stereocenters. The number of thiophene rings is 1. The third-order valence-corrected chi connectivity index (χ3v) is 7.50. The van der Waals surface area contributed by atoms with E-state index in [9.17, 15) is 8.42 Å². The first-order valence-corrected chi connectivity index (χ1v) is 10.1. The van der Waals surface area contributed by atoms with E-state index in [4.69, 9.17) is 0 Å². The average molecular weight is 331 g/mol. The second-order valence-corrected chi connectivity index (χ2v) is 9.07. The molecular formula is C15H26N2O2S2. The highest BCUT2D eigenvalue weighted by molar-refractivity contribution is 7.91. The van der Waals surface area contributed by atoms with E-state index in [0.29, 0.717) is 16.7 Å². The largest absolute Gasteiger partial charge is 0.313 e. The molecule has 4 nitrogen and oxygen atoms in total. The highest BCUT2D eigenvalue weighted by Gasteiger charge is 2.33. The smallest absolute Gasteiger partial charge is 0.252 e. The van der Waals surface area contributed by atoms with Gasteiger partial charge in [0.2, 0.25) is 0 Å². The van der Waals surface area contributed by atoms with Crippen LogP contribution in [0.3, 0.4) is 0 Å². The van der Waals surface area contributed by atoms with Crippen LogP contribution >= 0.6 is 11.3 Å². The molecule has 2 heterocycles. The second-order valence-electron chi connectivity index (χ2n) is 6.05. The van der Waals surface area contributed by atoms with E-state index in [2.05, 4.69) is 19.2 Å². The Bertz CT molecular complexity index is 554. The number of piperidine rings is 1. The van der Waals surface area contributed by atoms with Crippen LogP contribution in [0, 0.1) is 5.92 Å². The van der Waals surface area contributed by atoms with E-state index >= 15 is 0 Å². The van der Waals surface area contributed by atoms with Crippen molar-refractivity contribution in [1.29, 1.82) is 0 Å². The van der Waals surface area contributed by atoms with Crippen molar-refractivity contribution in [2.45, 2.75) is 56.8 Å². The van der Waals surface area contributed by atoms with Gasteiger partial charge >= 0.3 is 0 Å². The number of hydrogen-bond donors (Lipinski definition) is 1. The highest BCUT2D eigenvalue weighted by atomic mass is 32.2. The molecule has 0 aromatic carbocycles. The fraction of sp³-hybridized carbons (Fsp3) is 0.733. The van der Waals surface area contributed by atoms with Gasteiger partial charge in [-0.25, -0.2) is 8.42 Å². The zero-order valence-electron chi connectivity index (χ0n) is 13.1. The van der Waals surface area contributed by atoms with Gasteiger partial charge in [0.25, 0.3) is 10.0 Å². The molecule has 1 aliphatic heterocycles. The van der Waals surface area contributed by atoms with Crippen molar-refractivity contribution in [1.82, 2.24) is 9.62 Å². The topological polar surface area (TPSA) is 49.4 Å². The molecule has 2 rings (SSSR count). The summed E-state index contributed by atoms with van der Waals surface area (Å²) < 4.78 is 27.7. The minimum Gasteiger partial charge on any atom is -0.313 e. The van der Waals surface area contributed by atoms with Gasteiger partial charge in [0.05, 0.1) is 0 Å². The van der Waals surface area contributed by atoms with Crippen LogP contribution in [0.4, 0.5) is 0 Å². The summed E-state index contributed by atoms with van der Waals surface area (Å²) in [5.41, 5.74) is 1.06. The van der Waals surface area contributed by atoms with E-state index in [1.807, 2.05) is 18.4 Å². The van der Waals surface area contributed by atoms with Gasteiger partial charge in [-0.15, -0.1) is 11.3 Å². The Balaban J connectivity index is 2.09. The number of hydrogen-bond acceptors (Lipinski definition) is 4. The van der Waals surface area contributed by atoms with Gasteiger partial charge in [0.15, 0.2) is 0 Å². The fourth-order valence-corrected chi connectivity index (χ4v) is 5.84. The molecule has 1 aromatic rings. The zero-order chi connectivity index (χ0) is 15.5. The predicted octanol–water partition coefficient (Wildman–Crippen LogP) is 3.06. The van der Waals surface area contributed by atoms with Crippen molar-refractivity contribution in [3.63, 3.8) is 0 Å². The summed E-state index contributed by atoms with van der Waals surface area (Å²) in [5, 5.41) is 5.26. The molecule has 21 heavy (non-hydrogen) atoms. The average Bonchev–Trinajstić information content (AvgIpc) is 2.88. The lowest BCUT2D eigenvalue weighted by atomic mass is 9.95. The number of rotatable bonds is 6. The lowest BCUT2D eigenvalue weighted by molar-refractivity contribution is 0.220. The van der Waals surface area contributed by atoms with Gasteiger partial charge in [-0.2, -0.15) is 4.31 Å². The van der Waals surface area contributed by atoms with Crippen LogP contribution in [0.15, 0.2) is 15.7 Å². The fourth-order valence-electron chi connectivity index (χ4n) is 2.85. The summed E-state index contributed by atoms with van der Waals surface area (Å²) in [6.45, 7) is 8.68. The van der Waals surface area contributed by atoms with Crippen LogP contribution in [-0.4, -0.2) is 31.9 Å². The molecular weight excluding hydrogens is 304 g/mol. The van der Waals surface area contributed by atoms with Crippen LogP contribution < -0.4 is 5.32 Å². The lowest BCUT2D eigenvalue weighted by Gasteiger charge is -2.35. The summed E-state index contributed by atoms with van der Waals surface area (Å²) in [5.74, 6) is 0.614. The van der Waals surface area contributed by atoms with Gasteiger partial charge in [-0.1, -0.05) is 13.8 Å². The Morgan fingerprint density at radius 3 is 2.86 bits per heavy atom. The summed E-state index contributed by atoms with van der Waals surface area (Å²) in [6.07, 6.45) is 2.99. The first-order chi connectivity index (χ1) is 9.95. The summed E-state index contributed by atoms with van der Waals surface area (Å²) >= 11 is 1.34. The molecule has 1 aromatic heterocycles. The predicted molar refractivity (Wildman–Crippen MR) is 88.1 cm³/mol. The molecule has 1 fully saturated rings. The third-order valence-electron chi connectivity index (χ3n) is 4.03. The van der Waals surface area contributed by atoms with E-state index in [0.717, 1.165) is 37.9 Å². The first-order valence-electron chi connectivity index (χ1n) is 7.75. The standard InChI is InChI=1S/C15H26N2O2S2/c1-4-6-16-10-14-9-15(20-11-14)21(18,19)17-7-5-12(2)8-13(17)3/h9,11-13,16H,4-8,10H2,1-3H3. The molecule has 0 aliphatic carbocycles. The molecule has 1 N–H and O–H groups in total. The normalized spacial score (nSPS) is 24.3. The van der Waals surface area contributed by atoms with Gasteiger partial charge in [0, 0.05) is 19.1 Å². The van der Waals surface area contributed by atoms with Crippen LogP contribution in [0.5, 0.6) is 0 Å². The molecule has 6 heteroatoms. The highest BCUT2D eigenvalue weighted by Crippen LogP contribution is 2.30. The van der Waals surface area contributed by atoms with Crippen molar-refractivity contribution in [3.8, 4) is 0 Å². The summed E-state index contributed by atoms with van der Waals surface area (Å²) in [4.78, 5) is 0. The van der Waals surface area contributed by atoms with E-state index in [1.54, 1.807) is 4.31 Å². The van der Waals surface area contributed by atoms with Crippen molar-refractivity contribution >= 4 is 21.4 Å². The maximum atomic E-state index is 12.8. The molecule has 0 amide bonds. The SMILES string of the molecule is CCCNCc1csc(S(=O)(=O)N2CCC(C)CC2C)c1. The van der Waals surface area contributed by atoms with Crippen molar-refractivity contribution in [2.75, 3.05) is 13.1 Å². The molecule has 0 spiro atoms. The Morgan fingerprint density at radius 2 is 2.19 bits per heavy atom. The lowest BCUT2D eigenvalue weighted by Crippen LogP contribution is -2.43. The first kappa shape index (κ1) is 16.9. The minimum absolute atomic E-state index is 0.0996. The zero-order valence-corrected chi connectivity index (χ0v) is 14.8. The number of sulfonamides is 1. The van der Waals surface area contributed by atoms with Crippen LogP contribution in [0.1, 0.15) is 45.6 Å². The van der Waals surface area contributed by atoms with Crippen molar-refractivity contribution in [3.05, 3.63) is 17.0 Å². The monoisotopic (exact) mass is 330 g/mol. The Labute approximate surface area is 132 Å². The van der Waals surface area contributed by atoms with Crippen LogP contribution in [-0.2, 0) is 16.6 Å². The summed E-state index contributed by atoms with van der Waals surface area (Å²) in [7, 11) is -3.32. The van der Waals surface area contributed by atoms with Crippen LogP contribution in [0.2, 0.25) is 0 Å². The third kappa shape index (κ3) is 4.06. The summed E-state index contributed by atoms with van der Waals surface area (Å²) in [6, 6.07) is 1.93. The number of nitrogens with one attached hydrogen (secondary N) is 1. The van der Waals surface area contributed by atoms with Gasteiger partial charge < -0.3 is 5.32 Å². The van der Waals surface area contributed by atoms with Crippen molar-refractivity contribution in [2.24, 2.45) is 5.92 Å². The van der Waals surface area contributed by atoms with Crippen LogP contribution in [0.25, 0.3) is 0 Å². The maximum Gasteiger partial charge on any atom is 0.252 e. The molecule has 0 bridgehead atoms. The molecule has 1 aliphatic rings. The Morgan fingerprint density at radius 1 is 1.43 bits per heavy atom.